The Kier molecular flexibility index (Phi) is 4.84. The third-order valence-electron chi connectivity index (χ3n) is 3.74. The van der Waals surface area contributed by atoms with Gasteiger partial charge in [-0.15, -0.1) is 0 Å². The van der Waals surface area contributed by atoms with Gasteiger partial charge in [-0.25, -0.2) is 0 Å². The Morgan fingerprint density at radius 2 is 2.15 bits per heavy atom. The number of nitrogens with one attached hydrogen (secondary N) is 1. The maximum absolute atomic E-state index is 11.8. The quantitative estimate of drug-likeness (QED) is 0.858. The molecule has 1 aliphatic rings. The third kappa shape index (κ3) is 3.04. The Labute approximate surface area is 119 Å². The average molecular weight is 278 g/mol. The summed E-state index contributed by atoms with van der Waals surface area (Å²) >= 11 is 0. The maximum atomic E-state index is 11.8. The maximum Gasteiger partial charge on any atom is 0.222 e. The van der Waals surface area contributed by atoms with Gasteiger partial charge in [0.25, 0.3) is 0 Å². The van der Waals surface area contributed by atoms with Crippen LogP contribution in [0.15, 0.2) is 18.2 Å². The van der Waals surface area contributed by atoms with Gasteiger partial charge in [0, 0.05) is 31.1 Å². The topological polar surface area (TPSA) is 50.8 Å². The second-order valence-corrected chi connectivity index (χ2v) is 4.89. The highest BCUT2D eigenvalue weighted by atomic mass is 16.5. The predicted octanol–water partition coefficient (Wildman–Crippen LogP) is 1.59. The number of hydrogen-bond acceptors (Lipinski definition) is 4. The van der Waals surface area contributed by atoms with Gasteiger partial charge in [-0.3, -0.25) is 4.79 Å². The number of nitrogens with zero attached hydrogens (tertiary/aromatic N) is 1. The Hall–Kier alpha value is -1.75. The van der Waals surface area contributed by atoms with Crippen molar-refractivity contribution in [2.45, 2.75) is 18.9 Å². The van der Waals surface area contributed by atoms with E-state index in [2.05, 4.69) is 5.32 Å². The zero-order chi connectivity index (χ0) is 14.5. The van der Waals surface area contributed by atoms with Crippen molar-refractivity contribution >= 4 is 5.91 Å². The number of likely N-dealkylation sites (N-methyl/N-ethyl adjacent to an activating group) is 1. The molecule has 110 valence electrons. The van der Waals surface area contributed by atoms with Crippen LogP contribution in [-0.2, 0) is 4.79 Å². The molecule has 1 aliphatic heterocycles. The van der Waals surface area contributed by atoms with Crippen LogP contribution in [0.2, 0.25) is 0 Å². The number of hydrogen-bond donors (Lipinski definition) is 1. The first-order valence-corrected chi connectivity index (χ1v) is 6.86. The fourth-order valence-corrected chi connectivity index (χ4v) is 2.57. The van der Waals surface area contributed by atoms with Crippen molar-refractivity contribution < 1.29 is 14.3 Å². The first kappa shape index (κ1) is 14.7. The average Bonchev–Trinajstić information content (AvgIpc) is 2.89. The van der Waals surface area contributed by atoms with Crippen LogP contribution in [0.5, 0.6) is 11.5 Å². The molecule has 1 fully saturated rings. The predicted molar refractivity (Wildman–Crippen MR) is 77.2 cm³/mol. The number of likely N-dealkylation sites (tertiary alicyclic amines) is 1. The summed E-state index contributed by atoms with van der Waals surface area (Å²) in [6.45, 7) is 1.51. The van der Waals surface area contributed by atoms with Gasteiger partial charge in [-0.05, 0) is 25.6 Å². The number of methoxy groups -OCH3 is 2. The second-order valence-electron chi connectivity index (χ2n) is 4.89. The van der Waals surface area contributed by atoms with Crippen molar-refractivity contribution in [3.05, 3.63) is 23.8 Å². The van der Waals surface area contributed by atoms with Crippen LogP contribution in [0.1, 0.15) is 24.4 Å². The van der Waals surface area contributed by atoms with Crippen LogP contribution in [0.4, 0.5) is 0 Å². The first-order chi connectivity index (χ1) is 9.69. The fourth-order valence-electron chi connectivity index (χ4n) is 2.57. The van der Waals surface area contributed by atoms with E-state index in [1.54, 1.807) is 14.2 Å². The van der Waals surface area contributed by atoms with E-state index in [0.29, 0.717) is 13.0 Å². The Balaban J connectivity index is 2.20. The molecule has 0 aromatic heterocycles. The lowest BCUT2D eigenvalue weighted by molar-refractivity contribution is -0.128. The van der Waals surface area contributed by atoms with Crippen molar-refractivity contribution in [2.75, 3.05) is 34.4 Å². The molecule has 1 atom stereocenters. The van der Waals surface area contributed by atoms with Crippen LogP contribution in [0, 0.1) is 0 Å². The van der Waals surface area contributed by atoms with Gasteiger partial charge in [0.15, 0.2) is 0 Å². The highest BCUT2D eigenvalue weighted by molar-refractivity contribution is 5.78. The van der Waals surface area contributed by atoms with Crippen LogP contribution in [0.25, 0.3) is 0 Å². The number of carbonyl (C=O) groups excluding carboxylic acids is 1. The second kappa shape index (κ2) is 6.61. The molecule has 0 spiro atoms. The number of benzene rings is 1. The zero-order valence-corrected chi connectivity index (χ0v) is 12.3. The van der Waals surface area contributed by atoms with Gasteiger partial charge >= 0.3 is 0 Å². The van der Waals surface area contributed by atoms with Gasteiger partial charge in [0.1, 0.15) is 11.5 Å². The summed E-state index contributed by atoms with van der Waals surface area (Å²) in [7, 11) is 5.17. The molecule has 0 saturated carbocycles. The molecule has 1 N–H and O–H groups in total. The summed E-state index contributed by atoms with van der Waals surface area (Å²) in [5.41, 5.74) is 1.04. The Bertz CT molecular complexity index is 476. The van der Waals surface area contributed by atoms with E-state index < -0.39 is 0 Å². The summed E-state index contributed by atoms with van der Waals surface area (Å²) < 4.78 is 10.6. The Morgan fingerprint density at radius 1 is 1.35 bits per heavy atom. The van der Waals surface area contributed by atoms with Crippen molar-refractivity contribution in [1.82, 2.24) is 10.2 Å². The lowest BCUT2D eigenvalue weighted by atomic mass is 10.0. The van der Waals surface area contributed by atoms with E-state index in [-0.39, 0.29) is 11.9 Å². The van der Waals surface area contributed by atoms with E-state index in [1.165, 1.54) is 0 Å². The van der Waals surface area contributed by atoms with Crippen LogP contribution >= 0.6 is 0 Å². The smallest absolute Gasteiger partial charge is 0.222 e. The summed E-state index contributed by atoms with van der Waals surface area (Å²) in [6, 6.07) is 5.82. The Morgan fingerprint density at radius 3 is 2.70 bits per heavy atom. The standard InChI is InChI=1S/C15H22N2O3/c1-16-13(10-17-8-4-5-15(17)18)12-7-6-11(19-2)9-14(12)20-3/h6-7,9,13,16H,4-5,8,10H2,1-3H3. The summed E-state index contributed by atoms with van der Waals surface area (Å²) in [5.74, 6) is 1.77. The molecule has 1 aromatic carbocycles. The van der Waals surface area contributed by atoms with Gasteiger partial charge in [-0.2, -0.15) is 0 Å². The largest absolute Gasteiger partial charge is 0.497 e. The number of ether oxygens (including phenoxy) is 2. The molecule has 1 saturated heterocycles. The molecule has 1 amide bonds. The monoisotopic (exact) mass is 278 g/mol. The van der Waals surface area contributed by atoms with Crippen molar-refractivity contribution in [3.63, 3.8) is 0 Å². The number of carbonyl (C=O) groups is 1. The summed E-state index contributed by atoms with van der Waals surface area (Å²) in [6.07, 6.45) is 1.62. The van der Waals surface area contributed by atoms with Gasteiger partial charge in [0.05, 0.1) is 20.3 Å². The number of amides is 1. The van der Waals surface area contributed by atoms with Gasteiger partial charge < -0.3 is 19.7 Å². The van der Waals surface area contributed by atoms with Crippen LogP contribution < -0.4 is 14.8 Å². The van der Waals surface area contributed by atoms with Crippen LogP contribution in [-0.4, -0.2) is 45.2 Å². The molecular formula is C15H22N2O3. The molecule has 1 unspecified atom stereocenters. The van der Waals surface area contributed by atoms with Gasteiger partial charge in [0.2, 0.25) is 5.91 Å². The minimum atomic E-state index is 0.0536. The van der Waals surface area contributed by atoms with E-state index in [1.807, 2.05) is 30.1 Å². The molecule has 0 bridgehead atoms. The van der Waals surface area contributed by atoms with Crippen molar-refractivity contribution in [3.8, 4) is 11.5 Å². The molecule has 5 nitrogen and oxygen atoms in total. The molecule has 0 radical (unpaired) electrons. The van der Waals surface area contributed by atoms with E-state index in [9.17, 15) is 4.79 Å². The third-order valence-corrected chi connectivity index (χ3v) is 3.74. The number of rotatable bonds is 6. The molecule has 5 heteroatoms. The molecule has 1 aromatic rings. The lowest BCUT2D eigenvalue weighted by Crippen LogP contribution is -2.34. The SMILES string of the molecule is CNC(CN1CCCC1=O)c1ccc(OC)cc1OC. The minimum Gasteiger partial charge on any atom is -0.497 e. The normalized spacial score (nSPS) is 16.4. The molecule has 1 heterocycles. The summed E-state index contributed by atoms with van der Waals surface area (Å²) in [4.78, 5) is 13.7. The zero-order valence-electron chi connectivity index (χ0n) is 12.3. The highest BCUT2D eigenvalue weighted by Gasteiger charge is 2.25. The van der Waals surface area contributed by atoms with E-state index in [0.717, 1.165) is 30.0 Å². The highest BCUT2D eigenvalue weighted by Crippen LogP contribution is 2.30. The van der Waals surface area contributed by atoms with E-state index in [4.69, 9.17) is 9.47 Å². The van der Waals surface area contributed by atoms with Crippen molar-refractivity contribution in [2.24, 2.45) is 0 Å². The minimum absolute atomic E-state index is 0.0536. The first-order valence-electron chi connectivity index (χ1n) is 6.86. The van der Waals surface area contributed by atoms with Crippen LogP contribution in [0.3, 0.4) is 0 Å². The lowest BCUT2D eigenvalue weighted by Gasteiger charge is -2.25. The van der Waals surface area contributed by atoms with Crippen molar-refractivity contribution in [1.29, 1.82) is 0 Å². The fraction of sp³-hybridized carbons (Fsp3) is 0.533. The molecular weight excluding hydrogens is 256 g/mol. The van der Waals surface area contributed by atoms with E-state index >= 15 is 0 Å². The molecule has 2 rings (SSSR count). The molecule has 0 aliphatic carbocycles. The van der Waals surface area contributed by atoms with Gasteiger partial charge in [-0.1, -0.05) is 0 Å². The molecule has 20 heavy (non-hydrogen) atoms. The summed E-state index contributed by atoms with van der Waals surface area (Å²) in [5, 5.41) is 3.26.